The van der Waals surface area contributed by atoms with Gasteiger partial charge in [-0.15, -0.1) is 0 Å². The second-order valence-electron chi connectivity index (χ2n) is 4.35. The maximum atomic E-state index is 11.4. The molecule has 0 saturated carbocycles. The van der Waals surface area contributed by atoms with Crippen LogP contribution in [0.1, 0.15) is 32.1 Å². The third-order valence-electron chi connectivity index (χ3n) is 2.63. The Morgan fingerprint density at radius 1 is 1.05 bits per heavy atom. The molecule has 5 N–H and O–H groups in total. The Morgan fingerprint density at radius 3 is 2.24 bits per heavy atom. The normalized spacial score (nSPS) is 11.3. The molecule has 120 valence electrons. The first-order valence-corrected chi connectivity index (χ1v) is 6.56. The number of carboxylic acid groups (broad SMARTS) is 2. The number of carbonyl (C=O) groups excluding carboxylic acids is 2. The molecule has 3 amide bonds. The first-order chi connectivity index (χ1) is 9.86. The third-order valence-corrected chi connectivity index (χ3v) is 2.63. The Morgan fingerprint density at radius 2 is 1.71 bits per heavy atom. The van der Waals surface area contributed by atoms with Gasteiger partial charge >= 0.3 is 18.0 Å². The summed E-state index contributed by atoms with van der Waals surface area (Å²) in [5.41, 5.74) is 0. The summed E-state index contributed by atoms with van der Waals surface area (Å²) in [5, 5.41) is 24.5. The Bertz CT molecular complexity index is 385. The lowest BCUT2D eigenvalue weighted by atomic mass is 10.1. The van der Waals surface area contributed by atoms with Gasteiger partial charge in [-0.2, -0.15) is 0 Å². The van der Waals surface area contributed by atoms with E-state index in [1.165, 1.54) is 7.05 Å². The van der Waals surface area contributed by atoms with Gasteiger partial charge in [0.05, 0.1) is 0 Å². The summed E-state index contributed by atoms with van der Waals surface area (Å²) in [7, 11) is 1.49. The molecule has 21 heavy (non-hydrogen) atoms. The molecule has 0 rings (SSSR count). The summed E-state index contributed by atoms with van der Waals surface area (Å²) in [6.07, 6.45) is 0.829. The highest BCUT2D eigenvalue weighted by molar-refractivity contribution is 5.82. The van der Waals surface area contributed by atoms with Crippen molar-refractivity contribution in [1.29, 1.82) is 0 Å². The van der Waals surface area contributed by atoms with Gasteiger partial charge in [-0.05, 0) is 19.3 Å². The summed E-state index contributed by atoms with van der Waals surface area (Å²) in [4.78, 5) is 43.7. The van der Waals surface area contributed by atoms with Crippen LogP contribution in [0.5, 0.6) is 0 Å². The molecule has 0 spiro atoms. The van der Waals surface area contributed by atoms with Crippen molar-refractivity contribution in [3.63, 3.8) is 0 Å². The molecule has 0 fully saturated rings. The minimum Gasteiger partial charge on any atom is -0.481 e. The Hall–Kier alpha value is -2.32. The van der Waals surface area contributed by atoms with Crippen LogP contribution in [-0.2, 0) is 14.4 Å². The Kier molecular flexibility index (Phi) is 9.31. The lowest BCUT2D eigenvalue weighted by molar-refractivity contribution is -0.139. The standard InChI is InChI=1S/C12H21N3O6/c1-13-9(16)5-2-4-8(11(19)20)15-12(21)14-7-3-6-10(17)18/h8H,2-7H2,1H3,(H,13,16)(H,17,18)(H,19,20)(H2,14,15,21). The molecule has 0 radical (unpaired) electrons. The lowest BCUT2D eigenvalue weighted by Gasteiger charge is -2.14. The number of hydrogen-bond donors (Lipinski definition) is 5. The fraction of sp³-hybridized carbons (Fsp3) is 0.667. The number of carbonyl (C=O) groups is 4. The van der Waals surface area contributed by atoms with Crippen molar-refractivity contribution in [1.82, 2.24) is 16.0 Å². The van der Waals surface area contributed by atoms with Crippen molar-refractivity contribution >= 4 is 23.9 Å². The quantitative estimate of drug-likeness (QED) is 0.345. The van der Waals surface area contributed by atoms with Crippen LogP contribution in [-0.4, -0.2) is 53.7 Å². The smallest absolute Gasteiger partial charge is 0.326 e. The number of hydrogen-bond acceptors (Lipinski definition) is 4. The van der Waals surface area contributed by atoms with E-state index in [0.29, 0.717) is 6.42 Å². The molecule has 0 aromatic heterocycles. The molecule has 0 aliphatic heterocycles. The molecule has 0 aromatic rings. The van der Waals surface area contributed by atoms with E-state index in [2.05, 4.69) is 16.0 Å². The fourth-order valence-corrected chi connectivity index (χ4v) is 1.50. The maximum absolute atomic E-state index is 11.4. The van der Waals surface area contributed by atoms with Gasteiger partial charge in [-0.3, -0.25) is 9.59 Å². The number of aliphatic carboxylic acids is 2. The molecule has 1 atom stereocenters. The van der Waals surface area contributed by atoms with Crippen LogP contribution in [0, 0.1) is 0 Å². The first-order valence-electron chi connectivity index (χ1n) is 6.56. The number of carboxylic acids is 2. The van der Waals surface area contributed by atoms with Crippen LogP contribution in [0.3, 0.4) is 0 Å². The molecule has 0 saturated heterocycles. The summed E-state index contributed by atoms with van der Waals surface area (Å²) in [6.45, 7) is 0.142. The van der Waals surface area contributed by atoms with Gasteiger partial charge in [0.1, 0.15) is 6.04 Å². The van der Waals surface area contributed by atoms with Crippen molar-refractivity contribution in [2.75, 3.05) is 13.6 Å². The zero-order valence-electron chi connectivity index (χ0n) is 11.8. The molecule has 9 heteroatoms. The largest absolute Gasteiger partial charge is 0.481 e. The van der Waals surface area contributed by atoms with Crippen molar-refractivity contribution in [2.24, 2.45) is 0 Å². The van der Waals surface area contributed by atoms with E-state index in [1.807, 2.05) is 0 Å². The second kappa shape index (κ2) is 10.5. The van der Waals surface area contributed by atoms with E-state index in [1.54, 1.807) is 0 Å². The molecule has 0 bridgehead atoms. The van der Waals surface area contributed by atoms with Crippen LogP contribution in [0.25, 0.3) is 0 Å². The van der Waals surface area contributed by atoms with Crippen molar-refractivity contribution in [2.45, 2.75) is 38.1 Å². The SMILES string of the molecule is CNC(=O)CCCC(NC(=O)NCCCC(=O)O)C(=O)O. The van der Waals surface area contributed by atoms with Crippen LogP contribution in [0.2, 0.25) is 0 Å². The van der Waals surface area contributed by atoms with Crippen LogP contribution in [0.4, 0.5) is 4.79 Å². The Balaban J connectivity index is 4.01. The van der Waals surface area contributed by atoms with Gasteiger partial charge in [-0.1, -0.05) is 0 Å². The molecule has 0 aromatic carbocycles. The van der Waals surface area contributed by atoms with Crippen molar-refractivity contribution in [3.8, 4) is 0 Å². The summed E-state index contributed by atoms with van der Waals surface area (Å²) in [6, 6.07) is -1.76. The van der Waals surface area contributed by atoms with Crippen molar-refractivity contribution < 1.29 is 29.4 Å². The summed E-state index contributed by atoms with van der Waals surface area (Å²) < 4.78 is 0. The van der Waals surface area contributed by atoms with E-state index < -0.39 is 24.0 Å². The molecule has 0 heterocycles. The molecular formula is C12H21N3O6. The van der Waals surface area contributed by atoms with Gasteiger partial charge in [0, 0.05) is 26.4 Å². The number of amides is 3. The van der Waals surface area contributed by atoms with Crippen molar-refractivity contribution in [3.05, 3.63) is 0 Å². The van der Waals surface area contributed by atoms with Gasteiger partial charge in [-0.25, -0.2) is 9.59 Å². The van der Waals surface area contributed by atoms with Crippen LogP contribution in [0.15, 0.2) is 0 Å². The first kappa shape index (κ1) is 18.7. The zero-order valence-corrected chi connectivity index (χ0v) is 11.8. The minimum absolute atomic E-state index is 0.0746. The molecule has 1 unspecified atom stereocenters. The van der Waals surface area contributed by atoms with E-state index >= 15 is 0 Å². The monoisotopic (exact) mass is 303 g/mol. The van der Waals surface area contributed by atoms with E-state index in [-0.39, 0.29) is 38.1 Å². The summed E-state index contributed by atoms with van der Waals surface area (Å²) >= 11 is 0. The molecular weight excluding hydrogens is 282 g/mol. The van der Waals surface area contributed by atoms with Crippen LogP contribution < -0.4 is 16.0 Å². The summed E-state index contributed by atoms with van der Waals surface area (Å²) in [5.74, 6) is -2.35. The third kappa shape index (κ3) is 10.2. The fourth-order valence-electron chi connectivity index (χ4n) is 1.50. The zero-order chi connectivity index (χ0) is 16.3. The highest BCUT2D eigenvalue weighted by Gasteiger charge is 2.19. The average Bonchev–Trinajstić information content (AvgIpc) is 2.41. The topological polar surface area (TPSA) is 145 Å². The van der Waals surface area contributed by atoms with Gasteiger partial charge in [0.25, 0.3) is 0 Å². The highest BCUT2D eigenvalue weighted by atomic mass is 16.4. The second-order valence-corrected chi connectivity index (χ2v) is 4.35. The number of urea groups is 1. The highest BCUT2D eigenvalue weighted by Crippen LogP contribution is 2.01. The maximum Gasteiger partial charge on any atom is 0.326 e. The molecule has 0 aliphatic carbocycles. The predicted octanol–water partition coefficient (Wildman–Crippen LogP) is -0.480. The van der Waals surface area contributed by atoms with E-state index in [4.69, 9.17) is 10.2 Å². The predicted molar refractivity (Wildman–Crippen MR) is 72.7 cm³/mol. The number of rotatable bonds is 10. The van der Waals surface area contributed by atoms with Gasteiger partial charge < -0.3 is 26.2 Å². The molecule has 0 aliphatic rings. The van der Waals surface area contributed by atoms with Gasteiger partial charge in [0.15, 0.2) is 0 Å². The Labute approximate surface area is 122 Å². The van der Waals surface area contributed by atoms with Crippen LogP contribution >= 0.6 is 0 Å². The molecule has 9 nitrogen and oxygen atoms in total. The number of nitrogens with one attached hydrogen (secondary N) is 3. The average molecular weight is 303 g/mol. The van der Waals surface area contributed by atoms with Gasteiger partial charge in [0.2, 0.25) is 5.91 Å². The lowest BCUT2D eigenvalue weighted by Crippen LogP contribution is -2.46. The minimum atomic E-state index is -1.19. The van der Waals surface area contributed by atoms with E-state index in [0.717, 1.165) is 0 Å². The van der Waals surface area contributed by atoms with E-state index in [9.17, 15) is 19.2 Å².